The van der Waals surface area contributed by atoms with Gasteiger partial charge in [0.1, 0.15) is 6.10 Å². The second-order valence-corrected chi connectivity index (χ2v) is 7.55. The van der Waals surface area contributed by atoms with Crippen molar-refractivity contribution in [3.05, 3.63) is 65.7 Å². The van der Waals surface area contributed by atoms with Crippen LogP contribution in [0.3, 0.4) is 0 Å². The number of hydrogen-bond acceptors (Lipinski definition) is 5. The van der Waals surface area contributed by atoms with Crippen LogP contribution in [0.2, 0.25) is 0 Å². The molecule has 0 radical (unpaired) electrons. The van der Waals surface area contributed by atoms with E-state index in [0.29, 0.717) is 13.1 Å². The van der Waals surface area contributed by atoms with Crippen LogP contribution in [0.15, 0.2) is 54.6 Å². The summed E-state index contributed by atoms with van der Waals surface area (Å²) < 4.78 is 5.62. The lowest BCUT2D eigenvalue weighted by Crippen LogP contribution is -2.48. The van der Waals surface area contributed by atoms with Crippen molar-refractivity contribution in [2.45, 2.75) is 19.2 Å². The molecular formula is C22H28N4O2. The van der Waals surface area contributed by atoms with Gasteiger partial charge in [0, 0.05) is 51.5 Å². The van der Waals surface area contributed by atoms with Crippen molar-refractivity contribution >= 4 is 11.8 Å². The molecule has 0 aliphatic carbocycles. The molecular weight excluding hydrogens is 352 g/mol. The molecule has 0 spiro atoms. The maximum atomic E-state index is 12.3. The first kappa shape index (κ1) is 18.9. The van der Waals surface area contributed by atoms with Gasteiger partial charge in [0.2, 0.25) is 0 Å². The number of anilines is 1. The summed E-state index contributed by atoms with van der Waals surface area (Å²) >= 11 is 0. The van der Waals surface area contributed by atoms with Gasteiger partial charge in [-0.3, -0.25) is 14.7 Å². The zero-order valence-corrected chi connectivity index (χ0v) is 16.2. The Labute approximate surface area is 166 Å². The van der Waals surface area contributed by atoms with E-state index in [0.717, 1.165) is 50.5 Å². The number of nitrogens with zero attached hydrogens (tertiary/aromatic N) is 3. The number of cyclic esters (lactones) is 1. The summed E-state index contributed by atoms with van der Waals surface area (Å²) in [6, 6.07) is 18.4. The number of carbonyl (C=O) groups excluding carboxylic acids is 1. The average molecular weight is 380 g/mol. The molecule has 0 saturated carbocycles. The molecule has 2 heterocycles. The van der Waals surface area contributed by atoms with Crippen molar-refractivity contribution in [3.8, 4) is 0 Å². The maximum Gasteiger partial charge on any atom is 0.414 e. The highest BCUT2D eigenvalue weighted by Crippen LogP contribution is 2.23. The molecule has 148 valence electrons. The van der Waals surface area contributed by atoms with Crippen LogP contribution in [0.25, 0.3) is 0 Å². The average Bonchev–Trinajstić information content (AvgIpc) is 3.10. The molecule has 1 unspecified atom stereocenters. The van der Waals surface area contributed by atoms with Gasteiger partial charge in [-0.1, -0.05) is 42.5 Å². The number of rotatable bonds is 6. The standard InChI is InChI=1S/C22H28N4O2/c23-14-18-6-8-20(9-7-18)26-17-21(28-22(26)27)16-25-12-10-24(11-13-25)15-19-4-2-1-3-5-19/h1-9,21H,10-17,23H2. The van der Waals surface area contributed by atoms with E-state index >= 15 is 0 Å². The summed E-state index contributed by atoms with van der Waals surface area (Å²) in [6.07, 6.45) is -0.337. The van der Waals surface area contributed by atoms with Gasteiger partial charge in [-0.2, -0.15) is 0 Å². The number of amides is 1. The molecule has 2 aliphatic heterocycles. The van der Waals surface area contributed by atoms with Crippen LogP contribution in [0, 0.1) is 0 Å². The maximum absolute atomic E-state index is 12.3. The van der Waals surface area contributed by atoms with Crippen LogP contribution >= 0.6 is 0 Å². The van der Waals surface area contributed by atoms with Crippen molar-refractivity contribution < 1.29 is 9.53 Å². The Morgan fingerprint density at radius 3 is 2.25 bits per heavy atom. The highest BCUT2D eigenvalue weighted by Gasteiger charge is 2.34. The van der Waals surface area contributed by atoms with Gasteiger partial charge >= 0.3 is 6.09 Å². The number of ether oxygens (including phenoxy) is 1. The van der Waals surface area contributed by atoms with Gasteiger partial charge in [0.25, 0.3) is 0 Å². The van der Waals surface area contributed by atoms with Crippen molar-refractivity contribution in [2.24, 2.45) is 5.73 Å². The van der Waals surface area contributed by atoms with E-state index in [2.05, 4.69) is 40.1 Å². The molecule has 1 atom stereocenters. The van der Waals surface area contributed by atoms with Gasteiger partial charge in [-0.05, 0) is 23.3 Å². The Morgan fingerprint density at radius 1 is 0.893 bits per heavy atom. The fraction of sp³-hybridized carbons (Fsp3) is 0.409. The lowest BCUT2D eigenvalue weighted by atomic mass is 10.2. The summed E-state index contributed by atoms with van der Waals surface area (Å²) in [6.45, 7) is 6.99. The molecule has 0 aromatic heterocycles. The molecule has 6 nitrogen and oxygen atoms in total. The zero-order chi connectivity index (χ0) is 19.3. The lowest BCUT2D eigenvalue weighted by molar-refractivity contribution is 0.0747. The zero-order valence-electron chi connectivity index (χ0n) is 16.2. The number of piperazine rings is 1. The third-order valence-electron chi connectivity index (χ3n) is 5.53. The van der Waals surface area contributed by atoms with Gasteiger partial charge in [0.05, 0.1) is 6.54 Å². The fourth-order valence-electron chi connectivity index (χ4n) is 3.90. The van der Waals surface area contributed by atoms with E-state index in [4.69, 9.17) is 10.5 Å². The minimum atomic E-state index is -0.256. The summed E-state index contributed by atoms with van der Waals surface area (Å²) in [5.74, 6) is 0. The van der Waals surface area contributed by atoms with Crippen LogP contribution < -0.4 is 10.6 Å². The highest BCUT2D eigenvalue weighted by atomic mass is 16.6. The Morgan fingerprint density at radius 2 is 1.57 bits per heavy atom. The molecule has 2 fully saturated rings. The topological polar surface area (TPSA) is 62.0 Å². The van der Waals surface area contributed by atoms with Crippen LogP contribution in [-0.2, 0) is 17.8 Å². The second kappa shape index (κ2) is 8.73. The number of benzene rings is 2. The van der Waals surface area contributed by atoms with Crippen molar-refractivity contribution in [2.75, 3.05) is 44.2 Å². The normalized spacial score (nSPS) is 21.1. The second-order valence-electron chi connectivity index (χ2n) is 7.55. The first-order valence-electron chi connectivity index (χ1n) is 9.97. The van der Waals surface area contributed by atoms with Crippen molar-refractivity contribution in [3.63, 3.8) is 0 Å². The number of nitrogens with two attached hydrogens (primary N) is 1. The van der Waals surface area contributed by atoms with E-state index in [-0.39, 0.29) is 12.2 Å². The Kier molecular flexibility index (Phi) is 5.90. The molecule has 6 heteroatoms. The molecule has 2 aliphatic rings. The Hall–Kier alpha value is -2.41. The van der Waals surface area contributed by atoms with E-state index in [1.54, 1.807) is 4.90 Å². The smallest absolute Gasteiger partial charge is 0.414 e. The molecule has 2 aromatic rings. The molecule has 2 saturated heterocycles. The van der Waals surface area contributed by atoms with Gasteiger partial charge in [-0.15, -0.1) is 0 Å². The van der Waals surface area contributed by atoms with E-state index in [1.165, 1.54) is 5.56 Å². The third kappa shape index (κ3) is 4.52. The van der Waals surface area contributed by atoms with E-state index in [1.807, 2.05) is 24.3 Å². The van der Waals surface area contributed by atoms with Gasteiger partial charge in [-0.25, -0.2) is 4.79 Å². The molecule has 0 bridgehead atoms. The summed E-state index contributed by atoms with van der Waals surface area (Å²) in [5.41, 5.74) is 8.93. The summed E-state index contributed by atoms with van der Waals surface area (Å²) in [7, 11) is 0. The van der Waals surface area contributed by atoms with Crippen molar-refractivity contribution in [1.29, 1.82) is 0 Å². The largest absolute Gasteiger partial charge is 0.443 e. The summed E-state index contributed by atoms with van der Waals surface area (Å²) in [5, 5.41) is 0. The number of hydrogen-bond donors (Lipinski definition) is 1. The quantitative estimate of drug-likeness (QED) is 0.833. The van der Waals surface area contributed by atoms with Gasteiger partial charge < -0.3 is 10.5 Å². The van der Waals surface area contributed by atoms with E-state index < -0.39 is 0 Å². The Bertz CT molecular complexity index is 773. The molecule has 1 amide bonds. The molecule has 4 rings (SSSR count). The molecule has 28 heavy (non-hydrogen) atoms. The first-order valence-corrected chi connectivity index (χ1v) is 9.97. The molecule has 2 N–H and O–H groups in total. The third-order valence-corrected chi connectivity index (χ3v) is 5.53. The van der Waals surface area contributed by atoms with E-state index in [9.17, 15) is 4.79 Å². The summed E-state index contributed by atoms with van der Waals surface area (Å²) in [4.78, 5) is 18.9. The molecule has 2 aromatic carbocycles. The van der Waals surface area contributed by atoms with Crippen LogP contribution in [-0.4, -0.2) is 61.3 Å². The minimum Gasteiger partial charge on any atom is -0.443 e. The Balaban J connectivity index is 1.26. The number of carbonyl (C=O) groups is 1. The predicted octanol–water partition coefficient (Wildman–Crippen LogP) is 2.29. The first-order chi connectivity index (χ1) is 13.7. The van der Waals surface area contributed by atoms with Crippen LogP contribution in [0.5, 0.6) is 0 Å². The minimum absolute atomic E-state index is 0.0811. The SMILES string of the molecule is NCc1ccc(N2CC(CN3CCN(Cc4ccccc4)CC3)OC2=O)cc1. The van der Waals surface area contributed by atoms with Gasteiger partial charge in [0.15, 0.2) is 0 Å². The monoisotopic (exact) mass is 380 g/mol. The van der Waals surface area contributed by atoms with Crippen LogP contribution in [0.4, 0.5) is 10.5 Å². The lowest BCUT2D eigenvalue weighted by Gasteiger charge is -2.35. The predicted molar refractivity (Wildman–Crippen MR) is 110 cm³/mol. The van der Waals surface area contributed by atoms with Crippen LogP contribution in [0.1, 0.15) is 11.1 Å². The fourth-order valence-corrected chi connectivity index (χ4v) is 3.90. The highest BCUT2D eigenvalue weighted by molar-refractivity contribution is 5.89. The van der Waals surface area contributed by atoms with Crippen molar-refractivity contribution in [1.82, 2.24) is 9.80 Å².